The summed E-state index contributed by atoms with van der Waals surface area (Å²) in [5, 5.41) is 1.54. The molecule has 0 unspecified atom stereocenters. The first-order valence-electron chi connectivity index (χ1n) is 7.80. The fourth-order valence-electron chi connectivity index (χ4n) is 2.62. The van der Waals surface area contributed by atoms with Crippen LogP contribution in [0.2, 0.25) is 5.02 Å². The van der Waals surface area contributed by atoms with Crippen LogP contribution in [0.25, 0.3) is 6.08 Å². The third kappa shape index (κ3) is 3.23. The Balaban J connectivity index is 1.96. The highest BCUT2D eigenvalue weighted by Gasteiger charge is 2.34. The number of benzene rings is 2. The van der Waals surface area contributed by atoms with E-state index < -0.39 is 11.8 Å². The molecule has 0 radical (unpaired) electrons. The molecule has 2 aromatic carbocycles. The molecule has 0 saturated carbocycles. The minimum absolute atomic E-state index is 0.00821. The summed E-state index contributed by atoms with van der Waals surface area (Å²) in [7, 11) is 2.97. The first-order chi connectivity index (χ1) is 12.4. The van der Waals surface area contributed by atoms with Gasteiger partial charge in [-0.05, 0) is 42.8 Å². The van der Waals surface area contributed by atoms with E-state index in [9.17, 15) is 9.59 Å². The molecule has 6 nitrogen and oxygen atoms in total. The molecule has 1 N–H and O–H groups in total. The lowest BCUT2D eigenvalue weighted by Crippen LogP contribution is -2.35. The number of anilines is 1. The standard InChI is InChI=1S/C19H17ClN2O4/c1-11-4-6-13(7-5-11)22-19(24)14(18(23)21-22)8-12-9-15(20)17(26-3)16(10-12)25-2/h4-10H,1-3H3,(H,21,23). The zero-order chi connectivity index (χ0) is 18.8. The Morgan fingerprint density at radius 2 is 1.77 bits per heavy atom. The Morgan fingerprint density at radius 1 is 1.08 bits per heavy atom. The number of nitrogens with one attached hydrogen (secondary N) is 1. The van der Waals surface area contributed by atoms with Gasteiger partial charge in [0.15, 0.2) is 11.5 Å². The van der Waals surface area contributed by atoms with Crippen molar-refractivity contribution in [2.45, 2.75) is 6.92 Å². The van der Waals surface area contributed by atoms with Gasteiger partial charge in [0.1, 0.15) is 5.57 Å². The molecule has 1 saturated heterocycles. The Bertz CT molecular complexity index is 907. The second-order valence-corrected chi connectivity index (χ2v) is 6.12. The van der Waals surface area contributed by atoms with Crippen LogP contribution >= 0.6 is 11.6 Å². The molecule has 1 heterocycles. The lowest BCUT2D eigenvalue weighted by molar-refractivity contribution is -0.117. The molecule has 0 bridgehead atoms. The molecule has 0 atom stereocenters. The summed E-state index contributed by atoms with van der Waals surface area (Å²) < 4.78 is 10.4. The van der Waals surface area contributed by atoms with Crippen LogP contribution in [0.4, 0.5) is 5.69 Å². The largest absolute Gasteiger partial charge is 0.493 e. The van der Waals surface area contributed by atoms with E-state index in [0.717, 1.165) is 5.56 Å². The number of rotatable bonds is 4. The van der Waals surface area contributed by atoms with Crippen molar-refractivity contribution in [2.75, 3.05) is 19.2 Å². The fraction of sp³-hybridized carbons (Fsp3) is 0.158. The van der Waals surface area contributed by atoms with Gasteiger partial charge in [0.2, 0.25) is 0 Å². The maximum absolute atomic E-state index is 12.7. The highest BCUT2D eigenvalue weighted by molar-refractivity contribution is 6.33. The molecular weight excluding hydrogens is 356 g/mol. The Morgan fingerprint density at radius 3 is 2.38 bits per heavy atom. The van der Waals surface area contributed by atoms with Crippen LogP contribution in [0, 0.1) is 6.92 Å². The quantitative estimate of drug-likeness (QED) is 0.661. The fourth-order valence-corrected chi connectivity index (χ4v) is 2.92. The van der Waals surface area contributed by atoms with E-state index in [0.29, 0.717) is 27.8 Å². The molecule has 7 heteroatoms. The van der Waals surface area contributed by atoms with Gasteiger partial charge in [-0.2, -0.15) is 0 Å². The second kappa shape index (κ2) is 7.09. The Labute approximate surface area is 155 Å². The molecule has 2 amide bonds. The van der Waals surface area contributed by atoms with E-state index in [4.69, 9.17) is 21.1 Å². The summed E-state index contributed by atoms with van der Waals surface area (Å²) in [5.74, 6) is -0.126. The van der Waals surface area contributed by atoms with Crippen molar-refractivity contribution < 1.29 is 19.1 Å². The topological polar surface area (TPSA) is 67.9 Å². The summed E-state index contributed by atoms with van der Waals surface area (Å²) in [5.41, 5.74) is 4.77. The van der Waals surface area contributed by atoms with Crippen molar-refractivity contribution in [2.24, 2.45) is 0 Å². The number of halogens is 1. The van der Waals surface area contributed by atoms with Crippen molar-refractivity contribution in [1.29, 1.82) is 0 Å². The zero-order valence-electron chi connectivity index (χ0n) is 14.5. The van der Waals surface area contributed by atoms with Crippen molar-refractivity contribution >= 4 is 35.2 Å². The average molecular weight is 373 g/mol. The second-order valence-electron chi connectivity index (χ2n) is 5.71. The lowest BCUT2D eigenvalue weighted by Gasteiger charge is -2.14. The maximum atomic E-state index is 12.7. The van der Waals surface area contributed by atoms with Crippen molar-refractivity contribution in [3.63, 3.8) is 0 Å². The summed E-state index contributed by atoms with van der Waals surface area (Å²) in [6.45, 7) is 1.94. The predicted octanol–water partition coefficient (Wildman–Crippen LogP) is 3.13. The molecule has 1 aliphatic rings. The highest BCUT2D eigenvalue weighted by atomic mass is 35.5. The SMILES string of the molecule is COc1cc(C=C2C(=O)NN(c3ccc(C)cc3)C2=O)cc(Cl)c1OC. The van der Waals surface area contributed by atoms with Gasteiger partial charge in [-0.25, -0.2) is 5.01 Å². The van der Waals surface area contributed by atoms with Gasteiger partial charge >= 0.3 is 0 Å². The molecule has 1 fully saturated rings. The van der Waals surface area contributed by atoms with E-state index in [1.165, 1.54) is 25.3 Å². The molecule has 134 valence electrons. The maximum Gasteiger partial charge on any atom is 0.282 e. The van der Waals surface area contributed by atoms with Gasteiger partial charge in [0.05, 0.1) is 24.9 Å². The van der Waals surface area contributed by atoms with Crippen LogP contribution in [-0.2, 0) is 9.59 Å². The minimum atomic E-state index is -0.485. The Hall–Kier alpha value is -2.99. The van der Waals surface area contributed by atoms with E-state index >= 15 is 0 Å². The van der Waals surface area contributed by atoms with Gasteiger partial charge in [0.25, 0.3) is 11.8 Å². The van der Waals surface area contributed by atoms with Gasteiger partial charge in [-0.15, -0.1) is 0 Å². The number of methoxy groups -OCH3 is 2. The number of hydrazine groups is 1. The molecular formula is C19H17ClN2O4. The van der Waals surface area contributed by atoms with Crippen molar-refractivity contribution in [1.82, 2.24) is 5.43 Å². The first kappa shape index (κ1) is 17.8. The zero-order valence-corrected chi connectivity index (χ0v) is 15.3. The third-order valence-corrected chi connectivity index (χ3v) is 4.23. The predicted molar refractivity (Wildman–Crippen MR) is 99.3 cm³/mol. The summed E-state index contributed by atoms with van der Waals surface area (Å²) in [6.07, 6.45) is 1.47. The van der Waals surface area contributed by atoms with Crippen LogP contribution in [0.3, 0.4) is 0 Å². The molecule has 0 aromatic heterocycles. The number of carbonyl (C=O) groups excluding carboxylic acids is 2. The normalized spacial score (nSPS) is 15.4. The summed E-state index contributed by atoms with van der Waals surface area (Å²) in [6, 6.07) is 10.5. The number of ether oxygens (including phenoxy) is 2. The van der Waals surface area contributed by atoms with Crippen molar-refractivity contribution in [3.8, 4) is 11.5 Å². The average Bonchev–Trinajstić information content (AvgIpc) is 2.90. The van der Waals surface area contributed by atoms with Gasteiger partial charge in [-0.3, -0.25) is 15.0 Å². The molecule has 3 rings (SSSR count). The van der Waals surface area contributed by atoms with Gasteiger partial charge < -0.3 is 9.47 Å². The number of carbonyl (C=O) groups is 2. The lowest BCUT2D eigenvalue weighted by atomic mass is 10.1. The monoisotopic (exact) mass is 372 g/mol. The Kier molecular flexibility index (Phi) is 4.86. The van der Waals surface area contributed by atoms with Gasteiger partial charge in [-0.1, -0.05) is 29.3 Å². The number of hydrogen-bond acceptors (Lipinski definition) is 4. The first-order valence-corrected chi connectivity index (χ1v) is 8.17. The number of amides is 2. The molecule has 0 aliphatic carbocycles. The van der Waals surface area contributed by atoms with E-state index in [-0.39, 0.29) is 5.57 Å². The van der Waals surface area contributed by atoms with E-state index in [2.05, 4.69) is 5.43 Å². The molecule has 0 spiro atoms. The molecule has 26 heavy (non-hydrogen) atoms. The van der Waals surface area contributed by atoms with Crippen LogP contribution in [0.5, 0.6) is 11.5 Å². The van der Waals surface area contributed by atoms with Crippen LogP contribution < -0.4 is 19.9 Å². The van der Waals surface area contributed by atoms with Gasteiger partial charge in [0, 0.05) is 0 Å². The van der Waals surface area contributed by atoms with E-state index in [1.54, 1.807) is 24.3 Å². The number of nitrogens with zero attached hydrogens (tertiary/aromatic N) is 1. The van der Waals surface area contributed by atoms with Crippen LogP contribution in [0.15, 0.2) is 42.0 Å². The summed E-state index contributed by atoms with van der Waals surface area (Å²) >= 11 is 6.18. The highest BCUT2D eigenvalue weighted by Crippen LogP contribution is 2.37. The smallest absolute Gasteiger partial charge is 0.282 e. The summed E-state index contributed by atoms with van der Waals surface area (Å²) in [4.78, 5) is 24.9. The third-order valence-electron chi connectivity index (χ3n) is 3.95. The van der Waals surface area contributed by atoms with Crippen molar-refractivity contribution in [3.05, 3.63) is 58.1 Å². The number of hydrogen-bond donors (Lipinski definition) is 1. The van der Waals surface area contributed by atoms with E-state index in [1.807, 2.05) is 19.1 Å². The van der Waals surface area contributed by atoms with Crippen LogP contribution in [-0.4, -0.2) is 26.0 Å². The minimum Gasteiger partial charge on any atom is -0.493 e. The number of aryl methyl sites for hydroxylation is 1. The van der Waals surface area contributed by atoms with Crippen LogP contribution in [0.1, 0.15) is 11.1 Å². The molecule has 1 aliphatic heterocycles. The molecule has 2 aromatic rings.